The number of carbonyl (C=O) groups excluding carboxylic acids is 2. The zero-order valence-electron chi connectivity index (χ0n) is 17.2. The van der Waals surface area contributed by atoms with Gasteiger partial charge in [-0.1, -0.05) is 12.1 Å². The maximum Gasteiger partial charge on any atom is 0.319 e. The van der Waals surface area contributed by atoms with Crippen LogP contribution in [0.4, 0.5) is 10.5 Å². The lowest BCUT2D eigenvalue weighted by Crippen LogP contribution is -2.49. The first kappa shape index (κ1) is 20.3. The van der Waals surface area contributed by atoms with Gasteiger partial charge in [0.2, 0.25) is 5.91 Å². The van der Waals surface area contributed by atoms with Crippen LogP contribution in [0.15, 0.2) is 24.3 Å². The summed E-state index contributed by atoms with van der Waals surface area (Å²) in [5.41, 5.74) is 1.12. The largest absolute Gasteiger partial charge is 0.495 e. The third-order valence-electron chi connectivity index (χ3n) is 5.79. The maximum absolute atomic E-state index is 12.7. The topological polar surface area (TPSA) is 65.1 Å². The monoisotopic (exact) mass is 388 g/mol. The van der Waals surface area contributed by atoms with E-state index in [1.54, 1.807) is 26.1 Å². The van der Waals surface area contributed by atoms with E-state index in [4.69, 9.17) is 4.74 Å². The van der Waals surface area contributed by atoms with Gasteiger partial charge in [-0.3, -0.25) is 4.79 Å². The third-order valence-corrected chi connectivity index (χ3v) is 5.79. The number of para-hydroxylation sites is 2. The number of methoxy groups -OCH3 is 1. The molecule has 2 heterocycles. The van der Waals surface area contributed by atoms with Gasteiger partial charge in [-0.15, -0.1) is 0 Å². The maximum atomic E-state index is 12.7. The smallest absolute Gasteiger partial charge is 0.319 e. The molecule has 2 saturated heterocycles. The Bertz CT molecular complexity index is 678. The summed E-state index contributed by atoms with van der Waals surface area (Å²) in [6.45, 7) is 3.12. The lowest BCUT2D eigenvalue weighted by molar-refractivity contribution is -0.127. The second-order valence-electron chi connectivity index (χ2n) is 7.88. The van der Waals surface area contributed by atoms with Crippen molar-refractivity contribution in [2.45, 2.75) is 31.7 Å². The van der Waals surface area contributed by atoms with E-state index in [0.29, 0.717) is 13.1 Å². The van der Waals surface area contributed by atoms with Crippen LogP contribution >= 0.6 is 0 Å². The van der Waals surface area contributed by atoms with Crippen LogP contribution in [0, 0.1) is 5.92 Å². The minimum absolute atomic E-state index is 0.0125. The highest BCUT2D eigenvalue weighted by Crippen LogP contribution is 2.30. The average Bonchev–Trinajstić information content (AvgIpc) is 2.73. The Morgan fingerprint density at radius 2 is 1.68 bits per heavy atom. The van der Waals surface area contributed by atoms with E-state index >= 15 is 0 Å². The van der Waals surface area contributed by atoms with Gasteiger partial charge in [0.05, 0.1) is 12.8 Å². The normalized spacial score (nSPS) is 18.7. The fourth-order valence-corrected chi connectivity index (χ4v) is 4.09. The number of ether oxygens (including phenoxy) is 1. The Kier molecular flexibility index (Phi) is 6.65. The number of likely N-dealkylation sites (tertiary alicyclic amines) is 1. The predicted molar refractivity (Wildman–Crippen MR) is 110 cm³/mol. The Morgan fingerprint density at radius 1 is 1.04 bits per heavy atom. The van der Waals surface area contributed by atoms with Crippen molar-refractivity contribution < 1.29 is 14.3 Å². The van der Waals surface area contributed by atoms with Gasteiger partial charge >= 0.3 is 6.03 Å². The summed E-state index contributed by atoms with van der Waals surface area (Å²) in [4.78, 5) is 30.4. The molecule has 0 aromatic heterocycles. The van der Waals surface area contributed by atoms with Crippen molar-refractivity contribution >= 4 is 17.6 Å². The van der Waals surface area contributed by atoms with Crippen molar-refractivity contribution in [1.29, 1.82) is 0 Å². The molecule has 1 aromatic rings. The molecule has 2 fully saturated rings. The molecule has 0 radical (unpaired) electrons. The highest BCUT2D eigenvalue weighted by molar-refractivity contribution is 5.80. The summed E-state index contributed by atoms with van der Waals surface area (Å²) >= 11 is 0. The summed E-state index contributed by atoms with van der Waals surface area (Å²) in [5, 5.41) is 3.25. The van der Waals surface area contributed by atoms with Gasteiger partial charge in [-0.25, -0.2) is 4.79 Å². The van der Waals surface area contributed by atoms with Crippen LogP contribution in [0.1, 0.15) is 25.7 Å². The SMILES string of the molecule is COc1ccccc1N1CCC(NC(=O)C2CCN(C(=O)N(C)C)CC2)CC1. The number of anilines is 1. The molecule has 0 atom stereocenters. The second-order valence-corrected chi connectivity index (χ2v) is 7.88. The van der Waals surface area contributed by atoms with Crippen LogP contribution in [0.25, 0.3) is 0 Å². The molecule has 0 unspecified atom stereocenters. The third kappa shape index (κ3) is 4.69. The van der Waals surface area contributed by atoms with Gasteiger partial charge in [0.25, 0.3) is 0 Å². The van der Waals surface area contributed by atoms with Crippen molar-refractivity contribution in [2.24, 2.45) is 5.92 Å². The Balaban J connectivity index is 1.45. The highest BCUT2D eigenvalue weighted by atomic mass is 16.5. The van der Waals surface area contributed by atoms with E-state index in [0.717, 1.165) is 50.2 Å². The summed E-state index contributed by atoms with van der Waals surface area (Å²) in [5.74, 6) is 1.05. The molecule has 0 spiro atoms. The fourth-order valence-electron chi connectivity index (χ4n) is 4.09. The number of nitrogens with one attached hydrogen (secondary N) is 1. The average molecular weight is 389 g/mol. The molecule has 7 heteroatoms. The van der Waals surface area contributed by atoms with Crippen LogP contribution < -0.4 is 15.0 Å². The van der Waals surface area contributed by atoms with E-state index in [1.807, 2.05) is 23.1 Å². The summed E-state index contributed by atoms with van der Waals surface area (Å²) in [6, 6.07) is 8.32. The minimum atomic E-state index is 0.0125. The molecule has 1 N–H and O–H groups in total. The first-order chi connectivity index (χ1) is 13.5. The van der Waals surface area contributed by atoms with Crippen LogP contribution in [0.2, 0.25) is 0 Å². The Labute approximate surface area is 167 Å². The number of carbonyl (C=O) groups is 2. The molecule has 0 saturated carbocycles. The number of rotatable bonds is 4. The molecule has 0 bridgehead atoms. The predicted octanol–water partition coefficient (Wildman–Crippen LogP) is 2.17. The first-order valence-corrected chi connectivity index (χ1v) is 10.1. The van der Waals surface area contributed by atoms with Crippen LogP contribution in [-0.4, -0.2) is 75.2 Å². The van der Waals surface area contributed by atoms with E-state index in [2.05, 4.69) is 16.3 Å². The lowest BCUT2D eigenvalue weighted by Gasteiger charge is -2.36. The molecule has 2 aliphatic heterocycles. The van der Waals surface area contributed by atoms with Crippen molar-refractivity contribution in [3.05, 3.63) is 24.3 Å². The van der Waals surface area contributed by atoms with Crippen molar-refractivity contribution in [2.75, 3.05) is 52.3 Å². The van der Waals surface area contributed by atoms with Gasteiger partial charge in [0.15, 0.2) is 0 Å². The number of urea groups is 1. The van der Waals surface area contributed by atoms with E-state index in [1.165, 1.54) is 0 Å². The Hall–Kier alpha value is -2.44. The minimum Gasteiger partial charge on any atom is -0.495 e. The van der Waals surface area contributed by atoms with Crippen LogP contribution in [-0.2, 0) is 4.79 Å². The van der Waals surface area contributed by atoms with E-state index < -0.39 is 0 Å². The van der Waals surface area contributed by atoms with Crippen molar-refractivity contribution in [3.8, 4) is 5.75 Å². The van der Waals surface area contributed by atoms with Gasteiger partial charge in [0, 0.05) is 52.2 Å². The van der Waals surface area contributed by atoms with Gasteiger partial charge < -0.3 is 24.8 Å². The number of amides is 3. The standard InChI is InChI=1S/C21H32N4O3/c1-23(2)21(27)25-12-8-16(9-13-25)20(26)22-17-10-14-24(15-11-17)18-6-4-5-7-19(18)28-3/h4-7,16-17H,8-15H2,1-3H3,(H,22,26). The van der Waals surface area contributed by atoms with Crippen molar-refractivity contribution in [3.63, 3.8) is 0 Å². The Morgan fingerprint density at radius 3 is 2.29 bits per heavy atom. The molecule has 3 amide bonds. The summed E-state index contributed by atoms with van der Waals surface area (Å²) in [6.07, 6.45) is 3.35. The van der Waals surface area contributed by atoms with Gasteiger partial charge in [-0.05, 0) is 37.8 Å². The quantitative estimate of drug-likeness (QED) is 0.859. The molecule has 154 valence electrons. The lowest BCUT2D eigenvalue weighted by atomic mass is 9.94. The zero-order chi connectivity index (χ0) is 20.1. The van der Waals surface area contributed by atoms with Crippen LogP contribution in [0.5, 0.6) is 5.75 Å². The molecule has 0 aliphatic carbocycles. The number of nitrogens with zero attached hydrogens (tertiary/aromatic N) is 3. The summed E-state index contributed by atoms with van der Waals surface area (Å²) in [7, 11) is 5.22. The zero-order valence-corrected chi connectivity index (χ0v) is 17.2. The van der Waals surface area contributed by atoms with Crippen LogP contribution in [0.3, 0.4) is 0 Å². The molecule has 1 aromatic carbocycles. The molecule has 7 nitrogen and oxygen atoms in total. The number of hydrogen-bond acceptors (Lipinski definition) is 4. The van der Waals surface area contributed by atoms with E-state index in [-0.39, 0.29) is 23.9 Å². The summed E-state index contributed by atoms with van der Waals surface area (Å²) < 4.78 is 5.47. The molecule has 3 rings (SSSR count). The second kappa shape index (κ2) is 9.17. The number of piperidine rings is 2. The molecular formula is C21H32N4O3. The van der Waals surface area contributed by atoms with Gasteiger partial charge in [0.1, 0.15) is 5.75 Å². The highest BCUT2D eigenvalue weighted by Gasteiger charge is 2.30. The number of hydrogen-bond donors (Lipinski definition) is 1. The van der Waals surface area contributed by atoms with E-state index in [9.17, 15) is 9.59 Å². The first-order valence-electron chi connectivity index (χ1n) is 10.1. The molecular weight excluding hydrogens is 356 g/mol. The molecule has 2 aliphatic rings. The number of benzene rings is 1. The molecule has 28 heavy (non-hydrogen) atoms. The fraction of sp³-hybridized carbons (Fsp3) is 0.619. The van der Waals surface area contributed by atoms with Gasteiger partial charge in [-0.2, -0.15) is 0 Å². The van der Waals surface area contributed by atoms with Crippen molar-refractivity contribution in [1.82, 2.24) is 15.1 Å².